The first kappa shape index (κ1) is 24.8. The fraction of sp³-hybridized carbons (Fsp3) is 0.0800. The van der Waals surface area contributed by atoms with E-state index in [2.05, 4.69) is 26.2 Å². The number of aromatic carboxylic acids is 1. The highest BCUT2D eigenvalue weighted by atomic mass is 79.9. The molecule has 0 saturated carbocycles. The summed E-state index contributed by atoms with van der Waals surface area (Å²) < 4.78 is 12.2. The van der Waals surface area contributed by atoms with Crippen LogP contribution >= 0.6 is 39.3 Å². The van der Waals surface area contributed by atoms with E-state index in [0.717, 1.165) is 10.0 Å². The van der Waals surface area contributed by atoms with Crippen LogP contribution in [0.15, 0.2) is 75.0 Å². The van der Waals surface area contributed by atoms with Crippen molar-refractivity contribution in [2.45, 2.75) is 6.61 Å². The summed E-state index contributed by atoms with van der Waals surface area (Å²) in [7, 11) is 1.53. The van der Waals surface area contributed by atoms with Gasteiger partial charge in [-0.1, -0.05) is 35.9 Å². The molecule has 1 saturated heterocycles. The number of hydrogen-bond donors (Lipinski definition) is 2. The second-order valence-corrected chi connectivity index (χ2v) is 9.54. The number of rotatable bonds is 7. The summed E-state index contributed by atoms with van der Waals surface area (Å²) in [4.78, 5) is 28.6. The standard InChI is InChI=1S/C25H18BrClN2O5S/c1-33-20-4-2-3-16(22(20)34-13-14-5-7-15(8-6-14)24(31)32)11-21-23(30)29-25(35-21)28-17-9-10-18(26)19(27)12-17/h2-12H,13H2,1H3,(H,31,32)(H,28,29,30)/b21-11-. The molecule has 1 heterocycles. The number of nitrogens with one attached hydrogen (secondary N) is 1. The van der Waals surface area contributed by atoms with Crippen molar-refractivity contribution in [2.24, 2.45) is 4.99 Å². The average Bonchev–Trinajstić information content (AvgIpc) is 3.18. The van der Waals surface area contributed by atoms with Gasteiger partial charge in [0.05, 0.1) is 28.3 Å². The smallest absolute Gasteiger partial charge is 0.335 e. The van der Waals surface area contributed by atoms with Gasteiger partial charge in [-0.05, 0) is 75.7 Å². The Bertz CT molecular complexity index is 1360. The Morgan fingerprint density at radius 3 is 2.66 bits per heavy atom. The van der Waals surface area contributed by atoms with Crippen molar-refractivity contribution in [2.75, 3.05) is 7.11 Å². The van der Waals surface area contributed by atoms with Crippen LogP contribution in [0.25, 0.3) is 6.08 Å². The number of amidine groups is 1. The first-order chi connectivity index (χ1) is 16.8. The number of carboxylic acid groups (broad SMARTS) is 1. The summed E-state index contributed by atoms with van der Waals surface area (Å²) in [5, 5.41) is 12.8. The van der Waals surface area contributed by atoms with Gasteiger partial charge in [-0.25, -0.2) is 9.79 Å². The van der Waals surface area contributed by atoms with E-state index >= 15 is 0 Å². The lowest BCUT2D eigenvalue weighted by Crippen LogP contribution is -2.19. The Balaban J connectivity index is 1.57. The predicted octanol–water partition coefficient (Wildman–Crippen LogP) is 6.28. The topological polar surface area (TPSA) is 97.2 Å². The molecule has 1 aliphatic rings. The van der Waals surface area contributed by atoms with E-state index in [1.54, 1.807) is 48.5 Å². The molecule has 1 aliphatic heterocycles. The lowest BCUT2D eigenvalue weighted by Gasteiger charge is -2.14. The fourth-order valence-electron chi connectivity index (χ4n) is 3.15. The predicted molar refractivity (Wildman–Crippen MR) is 141 cm³/mol. The first-order valence-electron chi connectivity index (χ1n) is 10.2. The Hall–Kier alpha value is -3.27. The number of methoxy groups -OCH3 is 1. The number of halogens is 2. The van der Waals surface area contributed by atoms with Crippen LogP contribution in [0.5, 0.6) is 11.5 Å². The number of hydrogen-bond acceptors (Lipinski definition) is 6. The molecule has 0 atom stereocenters. The van der Waals surface area contributed by atoms with Crippen LogP contribution in [0.2, 0.25) is 5.02 Å². The minimum absolute atomic E-state index is 0.187. The van der Waals surface area contributed by atoms with E-state index < -0.39 is 5.97 Å². The lowest BCUT2D eigenvalue weighted by atomic mass is 10.1. The molecular formula is C25H18BrClN2O5S. The maximum atomic E-state index is 12.6. The van der Waals surface area contributed by atoms with Crippen LogP contribution < -0.4 is 14.8 Å². The fourth-order valence-corrected chi connectivity index (χ4v) is 4.41. The molecule has 3 aromatic rings. The maximum Gasteiger partial charge on any atom is 0.335 e. The SMILES string of the molecule is COc1cccc(/C=C2\SC(=Nc3ccc(Br)c(Cl)c3)NC2=O)c1OCc1ccc(C(=O)O)cc1. The first-order valence-corrected chi connectivity index (χ1v) is 12.2. The molecule has 2 N–H and O–H groups in total. The minimum atomic E-state index is -0.991. The molecule has 0 bridgehead atoms. The second kappa shape index (κ2) is 11.0. The lowest BCUT2D eigenvalue weighted by molar-refractivity contribution is -0.115. The summed E-state index contributed by atoms with van der Waals surface area (Å²) in [6.07, 6.45) is 1.71. The number of carbonyl (C=O) groups excluding carboxylic acids is 1. The zero-order chi connectivity index (χ0) is 24.9. The summed E-state index contributed by atoms with van der Waals surface area (Å²) in [6.45, 7) is 0.187. The van der Waals surface area contributed by atoms with Gasteiger partial charge in [0, 0.05) is 10.0 Å². The largest absolute Gasteiger partial charge is 0.493 e. The van der Waals surface area contributed by atoms with Crippen LogP contribution in [0.4, 0.5) is 5.69 Å². The molecule has 0 aromatic heterocycles. The normalized spacial score (nSPS) is 15.3. The molecule has 0 spiro atoms. The summed E-state index contributed by atoms with van der Waals surface area (Å²) in [5.41, 5.74) is 2.25. The van der Waals surface area contributed by atoms with Crippen LogP contribution in [0.3, 0.4) is 0 Å². The van der Waals surface area contributed by atoms with Crippen molar-refractivity contribution < 1.29 is 24.2 Å². The van der Waals surface area contributed by atoms with Gasteiger partial charge in [0.1, 0.15) is 6.61 Å². The molecule has 7 nitrogen and oxygen atoms in total. The molecule has 4 rings (SSSR count). The van der Waals surface area contributed by atoms with E-state index in [0.29, 0.717) is 37.8 Å². The van der Waals surface area contributed by atoms with E-state index in [-0.39, 0.29) is 18.1 Å². The van der Waals surface area contributed by atoms with Gasteiger partial charge in [0.15, 0.2) is 16.7 Å². The van der Waals surface area contributed by atoms with E-state index in [4.69, 9.17) is 26.2 Å². The highest BCUT2D eigenvalue weighted by molar-refractivity contribution is 9.10. The molecule has 0 unspecified atom stereocenters. The number of thioether (sulfide) groups is 1. The third-order valence-corrected chi connectivity index (χ3v) is 7.03. The number of carboxylic acids is 1. The van der Waals surface area contributed by atoms with Crippen LogP contribution in [-0.2, 0) is 11.4 Å². The van der Waals surface area contributed by atoms with Gasteiger partial charge < -0.3 is 19.9 Å². The van der Waals surface area contributed by atoms with Gasteiger partial charge in [-0.2, -0.15) is 0 Å². The molecule has 3 aromatic carbocycles. The highest BCUT2D eigenvalue weighted by Crippen LogP contribution is 2.36. The second-order valence-electron chi connectivity index (χ2n) is 7.25. The molecule has 178 valence electrons. The number of amides is 1. The monoisotopic (exact) mass is 572 g/mol. The van der Waals surface area contributed by atoms with Crippen molar-refractivity contribution in [3.63, 3.8) is 0 Å². The van der Waals surface area contributed by atoms with Gasteiger partial charge in [0.25, 0.3) is 5.91 Å². The molecular weight excluding hydrogens is 556 g/mol. The van der Waals surface area contributed by atoms with E-state index in [1.807, 2.05) is 6.07 Å². The molecule has 1 amide bonds. The Morgan fingerprint density at radius 1 is 1.20 bits per heavy atom. The van der Waals surface area contributed by atoms with Crippen molar-refractivity contribution >= 4 is 68.1 Å². The Labute approximate surface area is 218 Å². The van der Waals surface area contributed by atoms with Gasteiger partial charge in [-0.15, -0.1) is 0 Å². The van der Waals surface area contributed by atoms with Crippen molar-refractivity contribution in [1.82, 2.24) is 5.32 Å². The van der Waals surface area contributed by atoms with E-state index in [1.165, 1.54) is 31.0 Å². The van der Waals surface area contributed by atoms with E-state index in [9.17, 15) is 9.59 Å². The summed E-state index contributed by atoms with van der Waals surface area (Å²) >= 11 is 10.7. The molecule has 1 fully saturated rings. The average molecular weight is 574 g/mol. The third kappa shape index (κ3) is 6.05. The highest BCUT2D eigenvalue weighted by Gasteiger charge is 2.25. The van der Waals surface area contributed by atoms with Crippen LogP contribution in [0, 0.1) is 0 Å². The minimum Gasteiger partial charge on any atom is -0.493 e. The van der Waals surface area contributed by atoms with Crippen molar-refractivity contribution in [3.8, 4) is 11.5 Å². The Morgan fingerprint density at radius 2 is 1.97 bits per heavy atom. The molecule has 10 heteroatoms. The van der Waals surface area contributed by atoms with Gasteiger partial charge in [0.2, 0.25) is 0 Å². The molecule has 0 aliphatic carbocycles. The van der Waals surface area contributed by atoms with Crippen LogP contribution in [-0.4, -0.2) is 29.3 Å². The number of para-hydroxylation sites is 1. The number of carbonyl (C=O) groups is 2. The van der Waals surface area contributed by atoms with Crippen LogP contribution in [0.1, 0.15) is 21.5 Å². The molecule has 35 heavy (non-hydrogen) atoms. The number of ether oxygens (including phenoxy) is 2. The molecule has 0 radical (unpaired) electrons. The summed E-state index contributed by atoms with van der Waals surface area (Å²) in [6, 6.07) is 17.1. The zero-order valence-corrected chi connectivity index (χ0v) is 21.4. The summed E-state index contributed by atoms with van der Waals surface area (Å²) in [5.74, 6) is -0.309. The maximum absolute atomic E-state index is 12.6. The quantitative estimate of drug-likeness (QED) is 0.323. The van der Waals surface area contributed by atoms with Crippen molar-refractivity contribution in [1.29, 1.82) is 0 Å². The van der Waals surface area contributed by atoms with Gasteiger partial charge >= 0.3 is 5.97 Å². The Kier molecular flexibility index (Phi) is 7.80. The number of aliphatic imine (C=N–C) groups is 1. The number of nitrogens with zero attached hydrogens (tertiary/aromatic N) is 1. The van der Waals surface area contributed by atoms with Gasteiger partial charge in [-0.3, -0.25) is 4.79 Å². The third-order valence-electron chi connectivity index (χ3n) is 4.88. The van der Waals surface area contributed by atoms with Crippen molar-refractivity contribution in [3.05, 3.63) is 91.8 Å². The number of benzene rings is 3. The zero-order valence-electron chi connectivity index (χ0n) is 18.2.